The fraction of sp³-hybridized carbons (Fsp3) is 0.308. The predicted molar refractivity (Wildman–Crippen MR) is 61.2 cm³/mol. The highest BCUT2D eigenvalue weighted by Crippen LogP contribution is 2.39. The quantitative estimate of drug-likeness (QED) is 0.638. The predicted octanol–water partition coefficient (Wildman–Crippen LogP) is 2.50. The molecule has 1 aliphatic rings. The van der Waals surface area contributed by atoms with Crippen molar-refractivity contribution >= 4 is 16.8 Å². The largest absolute Gasteiger partial charge is 0.508 e. The summed E-state index contributed by atoms with van der Waals surface area (Å²) >= 11 is 0. The van der Waals surface area contributed by atoms with E-state index < -0.39 is 11.7 Å². The van der Waals surface area contributed by atoms with Gasteiger partial charge in [-0.3, -0.25) is 4.79 Å². The van der Waals surface area contributed by atoms with Crippen LogP contribution in [0.4, 0.5) is 0 Å². The molecule has 17 heavy (non-hydrogen) atoms. The maximum atomic E-state index is 12.1. The van der Waals surface area contributed by atoms with Crippen LogP contribution >= 0.6 is 0 Å². The molecule has 0 radical (unpaired) electrons. The summed E-state index contributed by atoms with van der Waals surface area (Å²) in [6, 6.07) is 4.69. The second kappa shape index (κ2) is 3.11. The minimum absolute atomic E-state index is 0.0978. The fourth-order valence-corrected chi connectivity index (χ4v) is 1.99. The number of furan rings is 1. The smallest absolute Gasteiger partial charge is 0.198 e. The Bertz CT molecular complexity index is 609. The standard InChI is InChI=1S/C13H12O4/c1-13(2)12(17-13)11(15)9-6-16-10-4-3-7(14)5-8(9)10/h3-6,12,14H,1-2H3. The first kappa shape index (κ1) is 10.4. The molecular formula is C13H12O4. The van der Waals surface area contributed by atoms with Crippen molar-refractivity contribution < 1.29 is 19.1 Å². The van der Waals surface area contributed by atoms with E-state index in [0.717, 1.165) is 0 Å². The topological polar surface area (TPSA) is 63.0 Å². The second-order valence-corrected chi connectivity index (χ2v) is 4.80. The zero-order valence-electron chi connectivity index (χ0n) is 9.56. The molecule has 1 saturated heterocycles. The van der Waals surface area contributed by atoms with E-state index in [0.29, 0.717) is 16.5 Å². The highest BCUT2D eigenvalue weighted by molar-refractivity contribution is 6.11. The Morgan fingerprint density at radius 1 is 1.41 bits per heavy atom. The number of carbonyl (C=O) groups is 1. The zero-order chi connectivity index (χ0) is 12.2. The number of rotatable bonds is 2. The van der Waals surface area contributed by atoms with Gasteiger partial charge in [-0.15, -0.1) is 0 Å². The molecule has 0 bridgehead atoms. The van der Waals surface area contributed by atoms with Crippen molar-refractivity contribution in [1.29, 1.82) is 0 Å². The maximum Gasteiger partial charge on any atom is 0.198 e. The van der Waals surface area contributed by atoms with Crippen LogP contribution in [0.15, 0.2) is 28.9 Å². The number of ketones is 1. The number of phenols is 1. The van der Waals surface area contributed by atoms with E-state index in [4.69, 9.17) is 9.15 Å². The van der Waals surface area contributed by atoms with Gasteiger partial charge < -0.3 is 14.3 Å². The number of fused-ring (bicyclic) bond motifs is 1. The normalized spacial score (nSPS) is 21.6. The number of aromatic hydroxyl groups is 1. The summed E-state index contributed by atoms with van der Waals surface area (Å²) in [6.45, 7) is 3.74. The summed E-state index contributed by atoms with van der Waals surface area (Å²) in [4.78, 5) is 12.1. The van der Waals surface area contributed by atoms with Crippen LogP contribution in [0, 0.1) is 0 Å². The van der Waals surface area contributed by atoms with Crippen molar-refractivity contribution in [3.05, 3.63) is 30.0 Å². The third-order valence-corrected chi connectivity index (χ3v) is 3.06. The molecule has 1 fully saturated rings. The molecule has 0 amide bonds. The molecule has 4 heteroatoms. The lowest BCUT2D eigenvalue weighted by molar-refractivity contribution is 0.0954. The number of benzene rings is 1. The summed E-state index contributed by atoms with van der Waals surface area (Å²) in [5.41, 5.74) is 0.661. The Balaban J connectivity index is 2.06. The minimum atomic E-state index is -0.411. The van der Waals surface area contributed by atoms with Gasteiger partial charge in [0.1, 0.15) is 23.7 Å². The Labute approximate surface area is 97.8 Å². The van der Waals surface area contributed by atoms with Crippen LogP contribution in [-0.4, -0.2) is 22.6 Å². The number of ether oxygens (including phenoxy) is 1. The molecule has 0 spiro atoms. The highest BCUT2D eigenvalue weighted by Gasteiger charge is 2.53. The molecule has 1 atom stereocenters. The molecule has 2 aromatic rings. The molecule has 1 N–H and O–H groups in total. The van der Waals surface area contributed by atoms with E-state index in [1.54, 1.807) is 6.07 Å². The molecule has 1 unspecified atom stereocenters. The average molecular weight is 232 g/mol. The van der Waals surface area contributed by atoms with Gasteiger partial charge in [-0.25, -0.2) is 0 Å². The van der Waals surface area contributed by atoms with E-state index in [1.807, 2.05) is 13.8 Å². The van der Waals surface area contributed by atoms with Gasteiger partial charge >= 0.3 is 0 Å². The van der Waals surface area contributed by atoms with Gasteiger partial charge in [0.15, 0.2) is 5.78 Å². The van der Waals surface area contributed by atoms with Crippen molar-refractivity contribution in [2.75, 3.05) is 0 Å². The molecule has 0 aliphatic carbocycles. The Morgan fingerprint density at radius 3 is 2.76 bits per heavy atom. The number of hydrogen-bond donors (Lipinski definition) is 1. The summed E-state index contributed by atoms with van der Waals surface area (Å²) in [5, 5.41) is 10.1. The van der Waals surface area contributed by atoms with Crippen molar-refractivity contribution in [2.24, 2.45) is 0 Å². The van der Waals surface area contributed by atoms with E-state index in [1.165, 1.54) is 18.4 Å². The van der Waals surface area contributed by atoms with Gasteiger partial charge in [0.25, 0.3) is 0 Å². The summed E-state index contributed by atoms with van der Waals surface area (Å²) in [7, 11) is 0. The van der Waals surface area contributed by atoms with Crippen LogP contribution in [-0.2, 0) is 4.74 Å². The van der Waals surface area contributed by atoms with Crippen LogP contribution in [0.2, 0.25) is 0 Å². The van der Waals surface area contributed by atoms with Gasteiger partial charge in [-0.05, 0) is 32.0 Å². The monoisotopic (exact) mass is 232 g/mol. The first-order valence-electron chi connectivity index (χ1n) is 5.41. The van der Waals surface area contributed by atoms with Gasteiger partial charge in [-0.2, -0.15) is 0 Å². The maximum absolute atomic E-state index is 12.1. The Morgan fingerprint density at radius 2 is 2.12 bits per heavy atom. The van der Waals surface area contributed by atoms with Crippen LogP contribution in [0.25, 0.3) is 11.0 Å². The van der Waals surface area contributed by atoms with Gasteiger partial charge in [-0.1, -0.05) is 0 Å². The summed E-state index contributed by atoms with van der Waals surface area (Å²) in [5.74, 6) is 0.0169. The Hall–Kier alpha value is -1.81. The average Bonchev–Trinajstić information content (AvgIpc) is 2.72. The van der Waals surface area contributed by atoms with Gasteiger partial charge in [0, 0.05) is 5.39 Å². The number of Topliss-reactive ketones (excluding diaryl/α,β-unsaturated/α-hetero) is 1. The molecule has 3 rings (SSSR count). The van der Waals surface area contributed by atoms with Crippen LogP contribution in [0.5, 0.6) is 5.75 Å². The number of phenolic OH excluding ortho intramolecular Hbond substituents is 1. The highest BCUT2D eigenvalue weighted by atomic mass is 16.6. The van der Waals surface area contributed by atoms with Crippen LogP contribution in [0.3, 0.4) is 0 Å². The molecule has 1 aromatic heterocycles. The van der Waals surface area contributed by atoms with E-state index in [2.05, 4.69) is 0 Å². The van der Waals surface area contributed by atoms with E-state index in [-0.39, 0.29) is 11.5 Å². The summed E-state index contributed by atoms with van der Waals surface area (Å²) < 4.78 is 10.6. The van der Waals surface area contributed by atoms with Crippen molar-refractivity contribution in [3.8, 4) is 5.75 Å². The zero-order valence-corrected chi connectivity index (χ0v) is 9.56. The first-order chi connectivity index (χ1) is 7.99. The van der Waals surface area contributed by atoms with Crippen molar-refractivity contribution in [2.45, 2.75) is 25.6 Å². The lowest BCUT2D eigenvalue weighted by Crippen LogP contribution is -2.14. The van der Waals surface area contributed by atoms with Gasteiger partial charge in [0.2, 0.25) is 0 Å². The SMILES string of the molecule is CC1(C)OC1C(=O)c1coc2ccc(O)cc12. The molecule has 2 heterocycles. The van der Waals surface area contributed by atoms with Crippen molar-refractivity contribution in [3.63, 3.8) is 0 Å². The second-order valence-electron chi connectivity index (χ2n) is 4.80. The Kier molecular flexibility index (Phi) is 1.89. The van der Waals surface area contributed by atoms with E-state index in [9.17, 15) is 9.90 Å². The van der Waals surface area contributed by atoms with Crippen molar-refractivity contribution in [1.82, 2.24) is 0 Å². The van der Waals surface area contributed by atoms with Crippen LogP contribution in [0.1, 0.15) is 24.2 Å². The number of hydrogen-bond acceptors (Lipinski definition) is 4. The summed E-state index contributed by atoms with van der Waals surface area (Å²) in [6.07, 6.45) is 1.01. The van der Waals surface area contributed by atoms with E-state index >= 15 is 0 Å². The third kappa shape index (κ3) is 1.52. The minimum Gasteiger partial charge on any atom is -0.508 e. The molecule has 4 nitrogen and oxygen atoms in total. The third-order valence-electron chi connectivity index (χ3n) is 3.06. The molecule has 0 saturated carbocycles. The first-order valence-corrected chi connectivity index (χ1v) is 5.41. The lowest BCUT2D eigenvalue weighted by Gasteiger charge is -1.96. The molecule has 1 aromatic carbocycles. The van der Waals surface area contributed by atoms with Crippen LogP contribution < -0.4 is 0 Å². The fourth-order valence-electron chi connectivity index (χ4n) is 1.99. The number of epoxide rings is 1. The molecule has 88 valence electrons. The molecule has 1 aliphatic heterocycles. The lowest BCUT2D eigenvalue weighted by atomic mass is 10.0. The number of carbonyl (C=O) groups excluding carboxylic acids is 1. The molecular weight excluding hydrogens is 220 g/mol. The van der Waals surface area contributed by atoms with Gasteiger partial charge in [0.05, 0.1) is 11.2 Å².